The lowest BCUT2D eigenvalue weighted by Crippen LogP contribution is -2.49. The van der Waals surface area contributed by atoms with Gasteiger partial charge in [-0.05, 0) is 39.8 Å². The van der Waals surface area contributed by atoms with Gasteiger partial charge in [-0.1, -0.05) is 37.0 Å². The van der Waals surface area contributed by atoms with Gasteiger partial charge in [0.05, 0.1) is 11.2 Å². The summed E-state index contributed by atoms with van der Waals surface area (Å²) in [7, 11) is -8.53. The summed E-state index contributed by atoms with van der Waals surface area (Å²) < 4.78 is 68.0. The molecule has 0 saturated carbocycles. The molecule has 0 aliphatic rings. The Labute approximate surface area is 121 Å². The molecule has 21 heavy (non-hydrogen) atoms. The van der Waals surface area contributed by atoms with Crippen LogP contribution in [0.4, 0.5) is 19.4 Å². The average Bonchev–Trinajstić information content (AvgIpc) is 2.22. The molecule has 0 unspecified atom stereocenters. The van der Waals surface area contributed by atoms with E-state index < -0.39 is 26.3 Å². The molecule has 1 aromatic carbocycles. The van der Waals surface area contributed by atoms with Crippen LogP contribution in [0.5, 0.6) is 0 Å². The van der Waals surface area contributed by atoms with Crippen LogP contribution in [0.2, 0.25) is 0 Å². The second-order valence-electron chi connectivity index (χ2n) is 5.84. The third-order valence-corrected chi connectivity index (χ3v) is 4.45. The Balaban J connectivity index is 2.88. The third-order valence-electron chi connectivity index (χ3n) is 3.29. The molecule has 121 valence electrons. The molecule has 2 nitrogen and oxygen atoms in total. The number of rotatable bonds is 5. The fraction of sp³-hybridized carbons (Fsp3) is 0.500. The molecule has 0 saturated heterocycles. The SMILES string of the molecule is CC(C)(O)C(C)(C)O[B]c1ccc(S(F)(F)(F)(F)F)cc1. The summed E-state index contributed by atoms with van der Waals surface area (Å²) >= 11 is 0. The molecule has 1 rings (SSSR count). The largest absolute Gasteiger partial charge is 0.427 e. The highest BCUT2D eigenvalue weighted by molar-refractivity contribution is 8.45. The highest BCUT2D eigenvalue weighted by Crippen LogP contribution is 3.02. The average molecular weight is 331 g/mol. The van der Waals surface area contributed by atoms with Crippen LogP contribution in [0.25, 0.3) is 0 Å². The Morgan fingerprint density at radius 1 is 0.952 bits per heavy atom. The van der Waals surface area contributed by atoms with Crippen LogP contribution in [0.3, 0.4) is 0 Å². The highest BCUT2D eigenvalue weighted by Gasteiger charge is 2.65. The van der Waals surface area contributed by atoms with Crippen molar-refractivity contribution in [3.05, 3.63) is 24.3 Å². The maximum absolute atomic E-state index is 12.5. The minimum absolute atomic E-state index is 0.179. The third kappa shape index (κ3) is 4.86. The minimum atomic E-state index is -9.64. The Bertz CT molecular complexity index is 519. The Morgan fingerprint density at radius 3 is 1.71 bits per heavy atom. The topological polar surface area (TPSA) is 29.5 Å². The summed E-state index contributed by atoms with van der Waals surface area (Å²) in [6.07, 6.45) is 0. The van der Waals surface area contributed by atoms with E-state index >= 15 is 0 Å². The van der Waals surface area contributed by atoms with Crippen molar-refractivity contribution in [2.75, 3.05) is 0 Å². The molecule has 0 amide bonds. The van der Waals surface area contributed by atoms with Crippen molar-refractivity contribution in [3.8, 4) is 0 Å². The first-order valence-corrected chi connectivity index (χ1v) is 7.95. The number of halogens is 5. The van der Waals surface area contributed by atoms with Crippen LogP contribution in [0.1, 0.15) is 27.7 Å². The van der Waals surface area contributed by atoms with E-state index in [4.69, 9.17) is 4.65 Å². The van der Waals surface area contributed by atoms with E-state index in [1.54, 1.807) is 13.8 Å². The number of hydrogen-bond donors (Lipinski definition) is 1. The van der Waals surface area contributed by atoms with Crippen molar-refractivity contribution in [3.63, 3.8) is 0 Å². The first kappa shape index (κ1) is 18.3. The number of benzene rings is 1. The molecule has 0 aliphatic carbocycles. The van der Waals surface area contributed by atoms with Crippen LogP contribution in [-0.4, -0.2) is 23.8 Å². The summed E-state index contributed by atoms with van der Waals surface area (Å²) in [6.45, 7) is 6.20. The van der Waals surface area contributed by atoms with Gasteiger partial charge in [-0.25, -0.2) is 0 Å². The van der Waals surface area contributed by atoms with Crippen molar-refractivity contribution in [1.82, 2.24) is 0 Å². The number of hydrogen-bond acceptors (Lipinski definition) is 2. The minimum Gasteiger partial charge on any atom is -0.427 e. The molecule has 0 fully saturated rings. The van der Waals surface area contributed by atoms with Crippen LogP contribution >= 0.6 is 10.2 Å². The molecular weight excluding hydrogens is 314 g/mol. The monoisotopic (exact) mass is 331 g/mol. The van der Waals surface area contributed by atoms with Crippen molar-refractivity contribution in [2.45, 2.75) is 43.8 Å². The Morgan fingerprint density at radius 2 is 1.38 bits per heavy atom. The second kappa shape index (κ2) is 4.36. The van der Waals surface area contributed by atoms with Gasteiger partial charge in [-0.15, -0.1) is 0 Å². The van der Waals surface area contributed by atoms with Crippen LogP contribution in [0, 0.1) is 0 Å². The first-order valence-electron chi connectivity index (χ1n) is 6.00. The quantitative estimate of drug-likeness (QED) is 0.649. The van der Waals surface area contributed by atoms with Crippen LogP contribution in [-0.2, 0) is 4.65 Å². The van der Waals surface area contributed by atoms with Crippen molar-refractivity contribution < 1.29 is 29.2 Å². The molecule has 0 aliphatic heterocycles. The van der Waals surface area contributed by atoms with E-state index in [9.17, 15) is 24.5 Å². The molecule has 0 bridgehead atoms. The smallest absolute Gasteiger partial charge is 0.330 e. The van der Waals surface area contributed by atoms with Crippen molar-refractivity contribution in [2.24, 2.45) is 0 Å². The maximum Gasteiger partial charge on any atom is 0.330 e. The number of aliphatic hydroxyl groups is 1. The van der Waals surface area contributed by atoms with Crippen LogP contribution in [0.15, 0.2) is 29.2 Å². The van der Waals surface area contributed by atoms with Crippen molar-refractivity contribution in [1.29, 1.82) is 0 Å². The highest BCUT2D eigenvalue weighted by atomic mass is 32.5. The molecule has 1 N–H and O–H groups in total. The normalized spacial score (nSPS) is 17.0. The van der Waals surface area contributed by atoms with Crippen LogP contribution < -0.4 is 5.46 Å². The predicted molar refractivity (Wildman–Crippen MR) is 74.7 cm³/mol. The molecular formula is C12H17BF5O2S. The lowest BCUT2D eigenvalue weighted by Gasteiger charge is -2.40. The predicted octanol–water partition coefficient (Wildman–Crippen LogP) is 4.15. The Hall–Kier alpha value is -0.795. The summed E-state index contributed by atoms with van der Waals surface area (Å²) in [5.74, 6) is 0. The summed E-state index contributed by atoms with van der Waals surface area (Å²) in [4.78, 5) is -1.95. The van der Waals surface area contributed by atoms with E-state index in [1.807, 2.05) is 0 Å². The van der Waals surface area contributed by atoms with Gasteiger partial charge in [0.15, 0.2) is 0 Å². The lowest BCUT2D eigenvalue weighted by atomic mass is 9.83. The zero-order valence-electron chi connectivity index (χ0n) is 12.0. The van der Waals surface area contributed by atoms with E-state index in [0.29, 0.717) is 12.1 Å². The molecule has 0 spiro atoms. The van der Waals surface area contributed by atoms with E-state index in [0.717, 1.165) is 19.6 Å². The van der Waals surface area contributed by atoms with E-state index in [2.05, 4.69) is 0 Å². The van der Waals surface area contributed by atoms with Gasteiger partial charge in [0.1, 0.15) is 4.90 Å². The zero-order chi connectivity index (χ0) is 16.8. The summed E-state index contributed by atoms with van der Waals surface area (Å²) in [5.41, 5.74) is -2.03. The van der Waals surface area contributed by atoms with Gasteiger partial charge in [0.25, 0.3) is 0 Å². The van der Waals surface area contributed by atoms with Gasteiger partial charge in [-0.2, -0.15) is 0 Å². The second-order valence-corrected chi connectivity index (χ2v) is 8.25. The van der Waals surface area contributed by atoms with E-state index in [-0.39, 0.29) is 5.46 Å². The molecule has 0 aromatic heterocycles. The van der Waals surface area contributed by atoms with Crippen molar-refractivity contribution >= 4 is 23.2 Å². The zero-order valence-corrected chi connectivity index (χ0v) is 12.9. The molecule has 1 aromatic rings. The fourth-order valence-corrected chi connectivity index (χ4v) is 1.81. The van der Waals surface area contributed by atoms with Gasteiger partial charge >= 0.3 is 17.7 Å². The fourth-order valence-electron chi connectivity index (χ4n) is 1.16. The summed E-state index contributed by atoms with van der Waals surface area (Å²) in [6, 6.07) is 2.39. The van der Waals surface area contributed by atoms with Gasteiger partial charge < -0.3 is 9.76 Å². The lowest BCUT2D eigenvalue weighted by molar-refractivity contribution is -0.0893. The Kier molecular flexibility index (Phi) is 3.79. The molecule has 1 radical (unpaired) electrons. The standard InChI is InChI=1S/C12H17BF5O2S/c1-11(2,19)12(3,4)20-13-9-5-7-10(8-6-9)21(14,15,16,17)18/h5-8,19H,1-4H3. The molecule has 0 heterocycles. The summed E-state index contributed by atoms with van der Waals surface area (Å²) in [5, 5.41) is 9.85. The first-order chi connectivity index (χ1) is 8.92. The van der Waals surface area contributed by atoms with Gasteiger partial charge in [-0.3, -0.25) is 0 Å². The molecule has 9 heteroatoms. The van der Waals surface area contributed by atoms with Gasteiger partial charge in [0, 0.05) is 0 Å². The maximum atomic E-state index is 12.5. The van der Waals surface area contributed by atoms with E-state index in [1.165, 1.54) is 13.8 Å². The molecule has 0 atom stereocenters. The van der Waals surface area contributed by atoms with Gasteiger partial charge in [0.2, 0.25) is 0 Å².